The first-order chi connectivity index (χ1) is 9.62. The van der Waals surface area contributed by atoms with Gasteiger partial charge in [-0.2, -0.15) is 4.31 Å². The van der Waals surface area contributed by atoms with Crippen LogP contribution >= 0.6 is 0 Å². The minimum Gasteiger partial charge on any atom is -0.477 e. The van der Waals surface area contributed by atoms with Crippen LogP contribution in [0.15, 0.2) is 17.0 Å². The Kier molecular flexibility index (Phi) is 5.41. The van der Waals surface area contributed by atoms with Crippen molar-refractivity contribution in [3.63, 3.8) is 0 Å². The van der Waals surface area contributed by atoms with Crippen molar-refractivity contribution in [3.8, 4) is 0 Å². The fraction of sp³-hybridized carbons (Fsp3) is 0.462. The number of hydrogen-bond donors (Lipinski definition) is 1. The number of carbonyl (C=O) groups is 1. The molecule has 1 N–H and O–H groups in total. The molecule has 21 heavy (non-hydrogen) atoms. The number of hydrogen-bond acceptors (Lipinski definition) is 3. The third-order valence-electron chi connectivity index (χ3n) is 2.81. The van der Waals surface area contributed by atoms with E-state index in [1.807, 2.05) is 0 Å². The third kappa shape index (κ3) is 3.56. The first-order valence-corrected chi connectivity index (χ1v) is 7.78. The van der Waals surface area contributed by atoms with Gasteiger partial charge in [-0.3, -0.25) is 0 Å². The van der Waals surface area contributed by atoms with Gasteiger partial charge in [-0.25, -0.2) is 22.0 Å². The molecule has 0 saturated carbocycles. The zero-order valence-electron chi connectivity index (χ0n) is 11.9. The molecular weight excluding hydrogens is 304 g/mol. The Morgan fingerprint density at radius 2 is 1.90 bits per heavy atom. The van der Waals surface area contributed by atoms with Crippen LogP contribution in [0.2, 0.25) is 0 Å². The highest BCUT2D eigenvalue weighted by Gasteiger charge is 2.31. The normalized spacial score (nSPS) is 12.1. The summed E-state index contributed by atoms with van der Waals surface area (Å²) in [6, 6.07) is 1.39. The Morgan fingerprint density at radius 3 is 2.33 bits per heavy atom. The van der Waals surface area contributed by atoms with Crippen molar-refractivity contribution in [1.29, 1.82) is 0 Å². The summed E-state index contributed by atoms with van der Waals surface area (Å²) in [5.41, 5.74) is -1.27. The molecule has 0 amide bonds. The van der Waals surface area contributed by atoms with Crippen LogP contribution in [0, 0.1) is 17.6 Å². The Labute approximate surface area is 122 Å². The molecule has 0 aliphatic rings. The molecular formula is C13H17F2NO4S. The van der Waals surface area contributed by atoms with Gasteiger partial charge in [-0.1, -0.05) is 20.8 Å². The van der Waals surface area contributed by atoms with Crippen LogP contribution in [0.5, 0.6) is 0 Å². The number of rotatable bonds is 6. The molecule has 1 rings (SSSR count). The second-order valence-electron chi connectivity index (χ2n) is 4.89. The van der Waals surface area contributed by atoms with Crippen LogP contribution in [0.3, 0.4) is 0 Å². The predicted molar refractivity (Wildman–Crippen MR) is 72.6 cm³/mol. The molecule has 0 heterocycles. The van der Waals surface area contributed by atoms with Crippen molar-refractivity contribution in [2.45, 2.75) is 25.7 Å². The van der Waals surface area contributed by atoms with Crippen molar-refractivity contribution in [2.24, 2.45) is 5.92 Å². The number of halogens is 2. The van der Waals surface area contributed by atoms with Crippen LogP contribution in [0.1, 0.15) is 31.1 Å². The largest absolute Gasteiger partial charge is 0.477 e. The molecule has 1 aromatic rings. The number of nitrogens with zero attached hydrogens (tertiary/aromatic N) is 1. The number of aromatic carboxylic acids is 1. The molecule has 0 aromatic heterocycles. The minimum absolute atomic E-state index is 0.00202. The van der Waals surface area contributed by atoms with Gasteiger partial charge in [0, 0.05) is 13.1 Å². The Hall–Kier alpha value is -1.54. The van der Waals surface area contributed by atoms with E-state index in [0.717, 1.165) is 10.4 Å². The maximum atomic E-state index is 14.1. The monoisotopic (exact) mass is 321 g/mol. The van der Waals surface area contributed by atoms with Crippen LogP contribution in [-0.4, -0.2) is 36.9 Å². The van der Waals surface area contributed by atoms with Crippen LogP contribution in [0.4, 0.5) is 8.78 Å². The van der Waals surface area contributed by atoms with Crippen LogP contribution in [-0.2, 0) is 10.0 Å². The van der Waals surface area contributed by atoms with Gasteiger partial charge < -0.3 is 5.11 Å². The quantitative estimate of drug-likeness (QED) is 0.872. The molecule has 0 radical (unpaired) electrons. The smallest absolute Gasteiger partial charge is 0.341 e. The summed E-state index contributed by atoms with van der Waals surface area (Å²) in [6.45, 7) is 5.42. The first kappa shape index (κ1) is 17.5. The Bertz CT molecular complexity index is 644. The number of benzene rings is 1. The molecule has 0 fully saturated rings. The maximum Gasteiger partial charge on any atom is 0.341 e. The van der Waals surface area contributed by atoms with Gasteiger partial charge >= 0.3 is 5.97 Å². The number of carboxylic acid groups (broad SMARTS) is 1. The molecule has 5 nitrogen and oxygen atoms in total. The summed E-state index contributed by atoms with van der Waals surface area (Å²) in [5, 5.41) is 8.79. The number of carboxylic acids is 1. The topological polar surface area (TPSA) is 74.7 Å². The lowest BCUT2D eigenvalue weighted by atomic mass is 10.2. The highest BCUT2D eigenvalue weighted by atomic mass is 32.2. The van der Waals surface area contributed by atoms with Gasteiger partial charge in [-0.05, 0) is 18.1 Å². The minimum atomic E-state index is -4.22. The molecule has 118 valence electrons. The van der Waals surface area contributed by atoms with E-state index in [0.29, 0.717) is 6.07 Å². The molecule has 0 atom stereocenters. The fourth-order valence-electron chi connectivity index (χ4n) is 1.87. The second-order valence-corrected chi connectivity index (χ2v) is 6.80. The van der Waals surface area contributed by atoms with Crippen LogP contribution < -0.4 is 0 Å². The molecule has 0 spiro atoms. The summed E-state index contributed by atoms with van der Waals surface area (Å²) in [4.78, 5) is 10.0. The van der Waals surface area contributed by atoms with Gasteiger partial charge in [0.15, 0.2) is 5.82 Å². The molecule has 8 heteroatoms. The second kappa shape index (κ2) is 6.48. The van der Waals surface area contributed by atoms with Gasteiger partial charge in [0.25, 0.3) is 0 Å². The Morgan fingerprint density at radius 1 is 1.33 bits per heavy atom. The summed E-state index contributed by atoms with van der Waals surface area (Å²) < 4.78 is 53.2. The average molecular weight is 321 g/mol. The van der Waals surface area contributed by atoms with E-state index in [1.165, 1.54) is 0 Å². The lowest BCUT2D eigenvalue weighted by Gasteiger charge is -2.22. The van der Waals surface area contributed by atoms with E-state index >= 15 is 0 Å². The standard InChI is InChI=1S/C13H17F2NO4S/c1-4-16(7-8(2)3)21(19,20)10-6-5-9(14)11(12(10)15)13(17)18/h5-6,8H,4,7H2,1-3H3,(H,17,18). The van der Waals surface area contributed by atoms with Crippen molar-refractivity contribution in [2.75, 3.05) is 13.1 Å². The average Bonchev–Trinajstić information content (AvgIpc) is 2.34. The lowest BCUT2D eigenvalue weighted by Crippen LogP contribution is -2.34. The van der Waals surface area contributed by atoms with Gasteiger partial charge in [0.2, 0.25) is 10.0 Å². The first-order valence-electron chi connectivity index (χ1n) is 6.34. The van der Waals surface area contributed by atoms with Gasteiger partial charge in [0.05, 0.1) is 0 Å². The van der Waals surface area contributed by atoms with E-state index in [1.54, 1.807) is 20.8 Å². The molecule has 1 aromatic carbocycles. The van der Waals surface area contributed by atoms with Gasteiger partial charge in [0.1, 0.15) is 16.3 Å². The fourth-order valence-corrected chi connectivity index (χ4v) is 3.55. The summed E-state index contributed by atoms with van der Waals surface area (Å²) >= 11 is 0. The van der Waals surface area contributed by atoms with Gasteiger partial charge in [-0.15, -0.1) is 0 Å². The van der Waals surface area contributed by atoms with E-state index in [-0.39, 0.29) is 19.0 Å². The predicted octanol–water partition coefficient (Wildman–Crippen LogP) is 2.33. The van der Waals surface area contributed by atoms with Crippen molar-refractivity contribution >= 4 is 16.0 Å². The molecule has 0 unspecified atom stereocenters. The molecule has 0 aliphatic carbocycles. The van der Waals surface area contributed by atoms with Crippen molar-refractivity contribution in [3.05, 3.63) is 29.3 Å². The summed E-state index contributed by atoms with van der Waals surface area (Å²) in [5.74, 6) is -4.74. The molecule has 0 aliphatic heterocycles. The highest BCUT2D eigenvalue weighted by Crippen LogP contribution is 2.24. The van der Waals surface area contributed by atoms with E-state index in [2.05, 4.69) is 0 Å². The maximum absolute atomic E-state index is 14.1. The zero-order valence-corrected chi connectivity index (χ0v) is 12.7. The Balaban J connectivity index is 3.45. The van der Waals surface area contributed by atoms with E-state index < -0.39 is 38.1 Å². The lowest BCUT2D eigenvalue weighted by molar-refractivity contribution is 0.0685. The van der Waals surface area contributed by atoms with Crippen LogP contribution in [0.25, 0.3) is 0 Å². The molecule has 0 saturated heterocycles. The summed E-state index contributed by atoms with van der Waals surface area (Å²) in [6.07, 6.45) is 0. The third-order valence-corrected chi connectivity index (χ3v) is 4.77. The van der Waals surface area contributed by atoms with Crippen molar-refractivity contribution < 1.29 is 27.1 Å². The molecule has 0 bridgehead atoms. The summed E-state index contributed by atoms with van der Waals surface area (Å²) in [7, 11) is -4.22. The van der Waals surface area contributed by atoms with Crippen molar-refractivity contribution in [1.82, 2.24) is 4.31 Å². The zero-order chi connectivity index (χ0) is 16.4. The number of sulfonamides is 1. The van der Waals surface area contributed by atoms with E-state index in [4.69, 9.17) is 5.11 Å². The van der Waals surface area contributed by atoms with E-state index in [9.17, 15) is 22.0 Å². The highest BCUT2D eigenvalue weighted by molar-refractivity contribution is 7.89. The SMILES string of the molecule is CCN(CC(C)C)S(=O)(=O)c1ccc(F)c(C(=O)O)c1F.